The van der Waals surface area contributed by atoms with Gasteiger partial charge < -0.3 is 9.67 Å². The molecule has 2 aromatic rings. The number of hydrogen-bond acceptors (Lipinski definition) is 2. The molecule has 1 aromatic carbocycles. The minimum atomic E-state index is -0.950. The van der Waals surface area contributed by atoms with Gasteiger partial charge >= 0.3 is 5.97 Å². The SMILES string of the molecule is CCC(C)Cc1nc2cc(F)c(F)cc2n1CCC(=O)O. The van der Waals surface area contributed by atoms with Gasteiger partial charge in [-0.1, -0.05) is 20.3 Å². The van der Waals surface area contributed by atoms with Gasteiger partial charge in [0.25, 0.3) is 0 Å². The van der Waals surface area contributed by atoms with Gasteiger partial charge in [0.05, 0.1) is 17.5 Å². The fourth-order valence-electron chi connectivity index (χ4n) is 2.24. The van der Waals surface area contributed by atoms with E-state index in [1.165, 1.54) is 0 Å². The summed E-state index contributed by atoms with van der Waals surface area (Å²) < 4.78 is 28.4. The van der Waals surface area contributed by atoms with Gasteiger partial charge in [0.2, 0.25) is 0 Å². The van der Waals surface area contributed by atoms with Crippen molar-refractivity contribution in [3.8, 4) is 0 Å². The summed E-state index contributed by atoms with van der Waals surface area (Å²) in [5.74, 6) is -1.80. The van der Waals surface area contributed by atoms with Crippen LogP contribution in [0.3, 0.4) is 0 Å². The molecule has 0 fully saturated rings. The second-order valence-electron chi connectivity index (χ2n) is 5.30. The van der Waals surface area contributed by atoms with E-state index in [4.69, 9.17) is 5.11 Å². The number of carbonyl (C=O) groups is 1. The zero-order chi connectivity index (χ0) is 15.6. The lowest BCUT2D eigenvalue weighted by molar-refractivity contribution is -0.137. The maximum atomic E-state index is 13.4. The number of aromatic nitrogens is 2. The van der Waals surface area contributed by atoms with Gasteiger partial charge in [0, 0.05) is 25.1 Å². The maximum Gasteiger partial charge on any atom is 0.305 e. The first kappa shape index (κ1) is 15.4. The van der Waals surface area contributed by atoms with Crippen molar-refractivity contribution in [3.63, 3.8) is 0 Å². The largest absolute Gasteiger partial charge is 0.481 e. The number of rotatable bonds is 6. The predicted molar refractivity (Wildman–Crippen MR) is 75.1 cm³/mol. The van der Waals surface area contributed by atoms with Crippen LogP contribution in [0.5, 0.6) is 0 Å². The Kier molecular flexibility index (Phi) is 4.55. The van der Waals surface area contributed by atoms with Gasteiger partial charge in [0.1, 0.15) is 5.82 Å². The van der Waals surface area contributed by atoms with Crippen molar-refractivity contribution in [3.05, 3.63) is 29.6 Å². The van der Waals surface area contributed by atoms with Crippen LogP contribution < -0.4 is 0 Å². The Morgan fingerprint density at radius 1 is 1.38 bits per heavy atom. The average Bonchev–Trinajstić information content (AvgIpc) is 2.73. The van der Waals surface area contributed by atoms with Gasteiger partial charge in [-0.2, -0.15) is 0 Å². The Balaban J connectivity index is 2.48. The standard InChI is InChI=1S/C15H18F2N2O2/c1-3-9(2)6-14-18-12-7-10(16)11(17)8-13(12)19(14)5-4-15(20)21/h7-9H,3-6H2,1-2H3,(H,20,21). The van der Waals surface area contributed by atoms with E-state index < -0.39 is 17.6 Å². The van der Waals surface area contributed by atoms with Crippen LogP contribution in [0.1, 0.15) is 32.5 Å². The third kappa shape index (κ3) is 3.37. The molecule has 1 atom stereocenters. The molecule has 0 radical (unpaired) electrons. The first-order valence-corrected chi connectivity index (χ1v) is 6.98. The highest BCUT2D eigenvalue weighted by Crippen LogP contribution is 2.22. The molecule has 0 amide bonds. The third-order valence-electron chi connectivity index (χ3n) is 3.65. The van der Waals surface area contributed by atoms with Crippen molar-refractivity contribution < 1.29 is 18.7 Å². The molecular weight excluding hydrogens is 278 g/mol. The van der Waals surface area contributed by atoms with Crippen LogP contribution in [0.15, 0.2) is 12.1 Å². The average molecular weight is 296 g/mol. The molecule has 1 N–H and O–H groups in total. The van der Waals surface area contributed by atoms with Crippen molar-refractivity contribution >= 4 is 17.0 Å². The van der Waals surface area contributed by atoms with Crippen molar-refractivity contribution in [1.29, 1.82) is 0 Å². The third-order valence-corrected chi connectivity index (χ3v) is 3.65. The van der Waals surface area contributed by atoms with Gasteiger partial charge in [-0.3, -0.25) is 4.79 Å². The van der Waals surface area contributed by atoms with Crippen LogP contribution in [-0.4, -0.2) is 20.6 Å². The lowest BCUT2D eigenvalue weighted by Crippen LogP contribution is -2.11. The van der Waals surface area contributed by atoms with Crippen molar-refractivity contribution in [2.24, 2.45) is 5.92 Å². The highest BCUT2D eigenvalue weighted by atomic mass is 19.2. The van der Waals surface area contributed by atoms with E-state index in [1.54, 1.807) is 4.57 Å². The van der Waals surface area contributed by atoms with Gasteiger partial charge in [0.15, 0.2) is 11.6 Å². The lowest BCUT2D eigenvalue weighted by Gasteiger charge is -2.11. The smallest absolute Gasteiger partial charge is 0.305 e. The normalized spacial score (nSPS) is 12.8. The zero-order valence-electron chi connectivity index (χ0n) is 12.1. The molecule has 21 heavy (non-hydrogen) atoms. The number of carboxylic acid groups (broad SMARTS) is 1. The molecule has 4 nitrogen and oxygen atoms in total. The topological polar surface area (TPSA) is 55.1 Å². The first-order chi connectivity index (χ1) is 9.92. The Labute approximate surface area is 121 Å². The summed E-state index contributed by atoms with van der Waals surface area (Å²) in [7, 11) is 0. The molecule has 0 saturated heterocycles. The van der Waals surface area contributed by atoms with Gasteiger partial charge in [-0.15, -0.1) is 0 Å². The summed E-state index contributed by atoms with van der Waals surface area (Å²) in [6.07, 6.45) is 1.51. The van der Waals surface area contributed by atoms with Gasteiger partial charge in [-0.25, -0.2) is 13.8 Å². The van der Waals surface area contributed by atoms with E-state index in [2.05, 4.69) is 11.9 Å². The molecule has 1 heterocycles. The maximum absolute atomic E-state index is 13.4. The highest BCUT2D eigenvalue weighted by Gasteiger charge is 2.16. The monoisotopic (exact) mass is 296 g/mol. The fraction of sp³-hybridized carbons (Fsp3) is 0.467. The molecule has 0 saturated carbocycles. The highest BCUT2D eigenvalue weighted by molar-refractivity contribution is 5.76. The second-order valence-corrected chi connectivity index (χ2v) is 5.30. The molecule has 114 valence electrons. The second kappa shape index (κ2) is 6.20. The summed E-state index contributed by atoms with van der Waals surface area (Å²) in [5.41, 5.74) is 0.797. The number of aryl methyl sites for hydroxylation is 1. The number of hydrogen-bond donors (Lipinski definition) is 1. The summed E-state index contributed by atoms with van der Waals surface area (Å²) in [6, 6.07) is 2.14. The molecule has 0 spiro atoms. The molecular formula is C15H18F2N2O2. The molecule has 2 rings (SSSR count). The zero-order valence-corrected chi connectivity index (χ0v) is 12.1. The quantitative estimate of drug-likeness (QED) is 0.889. The Morgan fingerprint density at radius 2 is 2.05 bits per heavy atom. The van der Waals surface area contributed by atoms with Crippen LogP contribution in [0.25, 0.3) is 11.0 Å². The molecule has 0 aliphatic rings. The van der Waals surface area contributed by atoms with E-state index >= 15 is 0 Å². The predicted octanol–water partition coefficient (Wildman–Crippen LogP) is 3.38. The van der Waals surface area contributed by atoms with E-state index in [1.807, 2.05) is 6.92 Å². The van der Waals surface area contributed by atoms with E-state index in [-0.39, 0.29) is 13.0 Å². The Bertz CT molecular complexity index is 667. The summed E-state index contributed by atoms with van der Waals surface area (Å²) in [4.78, 5) is 15.1. The molecule has 6 heteroatoms. The van der Waals surface area contributed by atoms with Crippen molar-refractivity contribution in [2.75, 3.05) is 0 Å². The van der Waals surface area contributed by atoms with E-state index in [0.29, 0.717) is 29.2 Å². The first-order valence-electron chi connectivity index (χ1n) is 6.98. The lowest BCUT2D eigenvalue weighted by atomic mass is 10.1. The fourth-order valence-corrected chi connectivity index (χ4v) is 2.24. The Morgan fingerprint density at radius 3 is 2.67 bits per heavy atom. The van der Waals surface area contributed by atoms with Crippen LogP contribution >= 0.6 is 0 Å². The minimum absolute atomic E-state index is 0.0854. The number of nitrogens with zero attached hydrogens (tertiary/aromatic N) is 2. The summed E-state index contributed by atoms with van der Waals surface area (Å²) in [6.45, 7) is 4.30. The summed E-state index contributed by atoms with van der Waals surface area (Å²) >= 11 is 0. The number of fused-ring (bicyclic) bond motifs is 1. The number of imidazole rings is 1. The number of carboxylic acids is 1. The van der Waals surface area contributed by atoms with Crippen LogP contribution in [0, 0.1) is 17.6 Å². The van der Waals surface area contributed by atoms with Crippen molar-refractivity contribution in [2.45, 2.75) is 39.7 Å². The number of benzene rings is 1. The van der Waals surface area contributed by atoms with Gasteiger partial charge in [-0.05, 0) is 5.92 Å². The Hall–Kier alpha value is -1.98. The van der Waals surface area contributed by atoms with E-state index in [0.717, 1.165) is 18.6 Å². The number of halogens is 2. The van der Waals surface area contributed by atoms with Crippen LogP contribution in [0.2, 0.25) is 0 Å². The molecule has 1 aromatic heterocycles. The minimum Gasteiger partial charge on any atom is -0.481 e. The van der Waals surface area contributed by atoms with Crippen molar-refractivity contribution in [1.82, 2.24) is 9.55 Å². The van der Waals surface area contributed by atoms with Crippen LogP contribution in [-0.2, 0) is 17.8 Å². The van der Waals surface area contributed by atoms with E-state index in [9.17, 15) is 13.6 Å². The van der Waals surface area contributed by atoms with Crippen LogP contribution in [0.4, 0.5) is 8.78 Å². The number of aliphatic carboxylic acids is 1. The molecule has 1 unspecified atom stereocenters. The molecule has 0 aliphatic heterocycles. The summed E-state index contributed by atoms with van der Waals surface area (Å²) in [5, 5.41) is 8.83. The molecule has 0 bridgehead atoms. The molecule has 0 aliphatic carbocycles.